The molecule has 8 heteroatoms. The molecule has 1 aromatic carbocycles. The van der Waals surface area contributed by atoms with Gasteiger partial charge in [-0.3, -0.25) is 4.79 Å². The largest absolute Gasteiger partial charge is 0.481 e. The number of ether oxygens (including phenoxy) is 1. The highest BCUT2D eigenvalue weighted by atomic mass is 16.5. The molecule has 0 aromatic heterocycles. The Morgan fingerprint density at radius 1 is 1.05 bits per heavy atom. The van der Waals surface area contributed by atoms with Gasteiger partial charge in [-0.1, -0.05) is 12.1 Å². The third-order valence-corrected chi connectivity index (χ3v) is 2.41. The first-order chi connectivity index (χ1) is 9.31. The van der Waals surface area contributed by atoms with E-state index < -0.39 is 30.1 Å². The molecule has 1 rings (SSSR count). The van der Waals surface area contributed by atoms with Crippen LogP contribution >= 0.6 is 0 Å². The summed E-state index contributed by atoms with van der Waals surface area (Å²) < 4.78 is 4.80. The molecule has 0 saturated carbocycles. The maximum absolute atomic E-state index is 10.7. The van der Waals surface area contributed by atoms with E-state index in [1.54, 1.807) is 0 Å². The lowest BCUT2D eigenvalue weighted by molar-refractivity contribution is -0.159. The fourth-order valence-electron chi connectivity index (χ4n) is 1.44. The van der Waals surface area contributed by atoms with Gasteiger partial charge in [0, 0.05) is 6.04 Å². The van der Waals surface area contributed by atoms with Crippen molar-refractivity contribution in [2.45, 2.75) is 18.6 Å². The van der Waals surface area contributed by atoms with Crippen LogP contribution in [0.15, 0.2) is 24.3 Å². The molecule has 0 aliphatic rings. The Morgan fingerprint density at radius 3 is 1.95 bits per heavy atom. The molecule has 0 heterocycles. The quantitative estimate of drug-likeness (QED) is 0.514. The number of rotatable bonds is 7. The van der Waals surface area contributed by atoms with Crippen molar-refractivity contribution in [1.82, 2.24) is 0 Å². The van der Waals surface area contributed by atoms with Crippen molar-refractivity contribution in [3.05, 3.63) is 29.8 Å². The third-order valence-electron chi connectivity index (χ3n) is 2.41. The van der Waals surface area contributed by atoms with Gasteiger partial charge in [0.05, 0.1) is 6.42 Å². The lowest BCUT2D eigenvalue weighted by atomic mass is 10.0. The number of hydrogen-bond acceptors (Lipinski definition) is 5. The summed E-state index contributed by atoms with van der Waals surface area (Å²) in [4.78, 5) is 31.8. The highest BCUT2D eigenvalue weighted by molar-refractivity contribution is 5.96. The highest BCUT2D eigenvalue weighted by Gasteiger charge is 2.27. The van der Waals surface area contributed by atoms with Gasteiger partial charge in [-0.2, -0.15) is 0 Å². The summed E-state index contributed by atoms with van der Waals surface area (Å²) in [6.45, 7) is 0. The van der Waals surface area contributed by atoms with Crippen LogP contribution in [0.3, 0.4) is 0 Å². The standard InChI is InChI=1S/C12H13NO7/c13-8(5-9(14)15)6-1-3-7(4-2-6)20-10(11(16)17)12(18)19/h1-4,8,10H,5,13H2,(H,14,15)(H,16,17)(H,18,19)/t8-/m0/s1. The molecule has 0 saturated heterocycles. The summed E-state index contributed by atoms with van der Waals surface area (Å²) in [5.74, 6) is -4.26. The van der Waals surface area contributed by atoms with Gasteiger partial charge in [-0.15, -0.1) is 0 Å². The van der Waals surface area contributed by atoms with E-state index in [0.29, 0.717) is 5.56 Å². The second kappa shape index (κ2) is 6.53. The second-order valence-electron chi connectivity index (χ2n) is 3.95. The zero-order valence-electron chi connectivity index (χ0n) is 10.2. The van der Waals surface area contributed by atoms with Crippen molar-refractivity contribution in [3.63, 3.8) is 0 Å². The Labute approximate surface area is 113 Å². The average molecular weight is 283 g/mol. The lowest BCUT2D eigenvalue weighted by Gasteiger charge is -2.13. The van der Waals surface area contributed by atoms with Crippen molar-refractivity contribution < 1.29 is 34.4 Å². The fourth-order valence-corrected chi connectivity index (χ4v) is 1.44. The normalized spacial score (nSPS) is 11.9. The number of carboxylic acids is 3. The number of hydrogen-bond donors (Lipinski definition) is 4. The van der Waals surface area contributed by atoms with Crippen LogP contribution in [-0.4, -0.2) is 39.3 Å². The van der Waals surface area contributed by atoms with Gasteiger partial charge in [0.1, 0.15) is 5.75 Å². The minimum Gasteiger partial charge on any atom is -0.481 e. The molecule has 0 fully saturated rings. The highest BCUT2D eigenvalue weighted by Crippen LogP contribution is 2.19. The molecule has 0 aliphatic heterocycles. The summed E-state index contributed by atoms with van der Waals surface area (Å²) in [6, 6.07) is 4.84. The summed E-state index contributed by atoms with van der Waals surface area (Å²) in [5, 5.41) is 25.9. The van der Waals surface area contributed by atoms with Gasteiger partial charge >= 0.3 is 17.9 Å². The lowest BCUT2D eigenvalue weighted by Crippen LogP contribution is -2.35. The molecule has 0 amide bonds. The van der Waals surface area contributed by atoms with Crippen LogP contribution in [0.25, 0.3) is 0 Å². The van der Waals surface area contributed by atoms with E-state index in [0.717, 1.165) is 0 Å². The van der Waals surface area contributed by atoms with Crippen molar-refractivity contribution in [1.29, 1.82) is 0 Å². The van der Waals surface area contributed by atoms with Gasteiger partial charge in [-0.25, -0.2) is 9.59 Å². The predicted molar refractivity (Wildman–Crippen MR) is 65.3 cm³/mol. The summed E-state index contributed by atoms with van der Waals surface area (Å²) >= 11 is 0. The monoisotopic (exact) mass is 283 g/mol. The predicted octanol–water partition coefficient (Wildman–Crippen LogP) is 0.0777. The smallest absolute Gasteiger partial charge is 0.356 e. The second-order valence-corrected chi connectivity index (χ2v) is 3.95. The van der Waals surface area contributed by atoms with Gasteiger partial charge in [-0.05, 0) is 17.7 Å². The van der Waals surface area contributed by atoms with E-state index >= 15 is 0 Å². The van der Waals surface area contributed by atoms with Crippen LogP contribution in [0.2, 0.25) is 0 Å². The SMILES string of the molecule is N[C@@H](CC(=O)O)c1ccc(OC(C(=O)O)C(=O)O)cc1. The molecule has 20 heavy (non-hydrogen) atoms. The molecule has 0 unspecified atom stereocenters. The fraction of sp³-hybridized carbons (Fsp3) is 0.250. The Bertz CT molecular complexity index is 497. The molecule has 5 N–H and O–H groups in total. The van der Waals surface area contributed by atoms with E-state index in [-0.39, 0.29) is 12.2 Å². The molecule has 1 atom stereocenters. The minimum absolute atomic E-state index is 0.0334. The van der Waals surface area contributed by atoms with Gasteiger partial charge in [0.15, 0.2) is 0 Å². The summed E-state index contributed by atoms with van der Waals surface area (Å²) in [7, 11) is 0. The Hall–Kier alpha value is -2.61. The van der Waals surface area contributed by atoms with E-state index in [4.69, 9.17) is 25.8 Å². The molecule has 0 radical (unpaired) electrons. The molecular formula is C12H13NO7. The van der Waals surface area contributed by atoms with E-state index in [1.807, 2.05) is 0 Å². The number of carboxylic acid groups (broad SMARTS) is 3. The van der Waals surface area contributed by atoms with Crippen molar-refractivity contribution in [3.8, 4) is 5.75 Å². The Kier molecular flexibility index (Phi) is 5.04. The van der Waals surface area contributed by atoms with Crippen LogP contribution in [0.1, 0.15) is 18.0 Å². The van der Waals surface area contributed by atoms with E-state index in [2.05, 4.69) is 0 Å². The molecule has 0 spiro atoms. The maximum Gasteiger partial charge on any atom is 0.356 e. The topological polar surface area (TPSA) is 147 Å². The summed E-state index contributed by atoms with van der Waals surface area (Å²) in [6.07, 6.45) is -2.26. The molecule has 0 bridgehead atoms. The first-order valence-electron chi connectivity index (χ1n) is 5.51. The van der Waals surface area contributed by atoms with Crippen LogP contribution in [-0.2, 0) is 14.4 Å². The number of benzene rings is 1. The van der Waals surface area contributed by atoms with Gasteiger partial charge < -0.3 is 25.8 Å². The molecule has 8 nitrogen and oxygen atoms in total. The maximum atomic E-state index is 10.7. The van der Waals surface area contributed by atoms with Crippen LogP contribution in [0.4, 0.5) is 0 Å². The van der Waals surface area contributed by atoms with E-state index in [9.17, 15) is 14.4 Å². The number of nitrogens with two attached hydrogens (primary N) is 1. The van der Waals surface area contributed by atoms with Crippen LogP contribution < -0.4 is 10.5 Å². The van der Waals surface area contributed by atoms with E-state index in [1.165, 1.54) is 24.3 Å². The number of carbonyl (C=O) groups is 3. The molecule has 1 aromatic rings. The molecule has 0 aliphatic carbocycles. The Balaban J connectivity index is 2.78. The third kappa shape index (κ3) is 4.25. The van der Waals surface area contributed by atoms with Crippen LogP contribution in [0, 0.1) is 0 Å². The Morgan fingerprint density at radius 2 is 1.55 bits per heavy atom. The van der Waals surface area contributed by atoms with Gasteiger partial charge in [0.25, 0.3) is 6.10 Å². The summed E-state index contributed by atoms with van der Waals surface area (Å²) in [5.41, 5.74) is 6.15. The zero-order chi connectivity index (χ0) is 15.3. The van der Waals surface area contributed by atoms with Crippen molar-refractivity contribution in [2.24, 2.45) is 5.73 Å². The van der Waals surface area contributed by atoms with Crippen molar-refractivity contribution in [2.75, 3.05) is 0 Å². The van der Waals surface area contributed by atoms with Crippen LogP contribution in [0.5, 0.6) is 5.75 Å². The minimum atomic E-state index is -2.01. The average Bonchev–Trinajstić information content (AvgIpc) is 2.35. The molecule has 108 valence electrons. The first-order valence-corrected chi connectivity index (χ1v) is 5.51. The van der Waals surface area contributed by atoms with Gasteiger partial charge in [0.2, 0.25) is 0 Å². The molecular weight excluding hydrogens is 270 g/mol. The number of aliphatic carboxylic acids is 3. The zero-order valence-corrected chi connectivity index (χ0v) is 10.2. The van der Waals surface area contributed by atoms with Crippen molar-refractivity contribution >= 4 is 17.9 Å². The first kappa shape index (κ1) is 15.4.